The van der Waals surface area contributed by atoms with E-state index in [0.29, 0.717) is 25.7 Å². The molecule has 4 aliphatic carbocycles. The van der Waals surface area contributed by atoms with Gasteiger partial charge < -0.3 is 47.4 Å². The average Bonchev–Trinajstić information content (AvgIpc) is 3.45. The molecule has 0 aromatic rings. The van der Waals surface area contributed by atoms with Crippen LogP contribution in [0.15, 0.2) is 12.2 Å². The third kappa shape index (κ3) is 3.98. The Morgan fingerprint density at radius 1 is 1.00 bits per heavy atom. The SMILES string of the molecule is C=C1C[C@]23C[C@@]1(OC)CC[C@H]2[C@@]12C[C@H](O[C@@H]4O[C@H](COC)[C@@H](OC)[C@H](OC)[C@H]4OC)[C@H](OC)C(C)(C(=O)O1)[C@H]2C3C(=O)OC. The van der Waals surface area contributed by atoms with Gasteiger partial charge in [0.05, 0.1) is 37.4 Å². The highest BCUT2D eigenvalue weighted by atomic mass is 16.7. The number of hydrogen-bond acceptors (Lipinski definition) is 12. The molecule has 2 heterocycles. The van der Waals surface area contributed by atoms with E-state index >= 15 is 0 Å². The van der Waals surface area contributed by atoms with Gasteiger partial charge in [0.15, 0.2) is 6.29 Å². The molecule has 0 amide bonds. The Morgan fingerprint density at radius 3 is 2.30 bits per heavy atom. The van der Waals surface area contributed by atoms with Crippen molar-refractivity contribution in [1.29, 1.82) is 0 Å². The average molecular weight is 625 g/mol. The molecule has 6 aliphatic rings. The molecule has 2 saturated heterocycles. The Kier molecular flexibility index (Phi) is 8.27. The monoisotopic (exact) mass is 624 g/mol. The fraction of sp³-hybridized carbons (Fsp3) is 0.875. The molecule has 2 aliphatic heterocycles. The number of fused-ring (bicyclic) bond motifs is 1. The highest BCUT2D eigenvalue weighted by Gasteiger charge is 2.86. The summed E-state index contributed by atoms with van der Waals surface area (Å²) < 4.78 is 60.5. The molecule has 2 unspecified atom stereocenters. The van der Waals surface area contributed by atoms with Crippen LogP contribution in [0.3, 0.4) is 0 Å². The summed E-state index contributed by atoms with van der Waals surface area (Å²) in [5.74, 6) is -1.94. The van der Waals surface area contributed by atoms with Crippen LogP contribution in [0.25, 0.3) is 0 Å². The van der Waals surface area contributed by atoms with Gasteiger partial charge in [-0.3, -0.25) is 9.59 Å². The largest absolute Gasteiger partial charge is 0.469 e. The lowest BCUT2D eigenvalue weighted by Crippen LogP contribution is -2.65. The van der Waals surface area contributed by atoms with E-state index in [9.17, 15) is 9.59 Å². The molecule has 4 bridgehead atoms. The first-order chi connectivity index (χ1) is 21.0. The lowest BCUT2D eigenvalue weighted by atomic mass is 9.58. The number of esters is 2. The molecule has 12 nitrogen and oxygen atoms in total. The van der Waals surface area contributed by atoms with Crippen LogP contribution in [0.4, 0.5) is 0 Å². The van der Waals surface area contributed by atoms with Gasteiger partial charge in [-0.25, -0.2) is 0 Å². The summed E-state index contributed by atoms with van der Waals surface area (Å²) in [6, 6.07) is 0. The van der Waals surface area contributed by atoms with Crippen LogP contribution in [0, 0.1) is 28.6 Å². The predicted molar refractivity (Wildman–Crippen MR) is 152 cm³/mol. The molecule has 4 saturated carbocycles. The molecule has 0 aromatic heterocycles. The van der Waals surface area contributed by atoms with E-state index in [2.05, 4.69) is 6.58 Å². The molecule has 0 aromatic carbocycles. The number of carbonyl (C=O) groups excluding carboxylic acids is 2. The lowest BCUT2D eigenvalue weighted by molar-refractivity contribution is -0.336. The van der Waals surface area contributed by atoms with Gasteiger partial charge in [-0.15, -0.1) is 0 Å². The molecule has 12 heteroatoms. The Hall–Kier alpha value is -1.64. The maximum atomic E-state index is 14.1. The zero-order valence-corrected chi connectivity index (χ0v) is 27.1. The second-order valence-corrected chi connectivity index (χ2v) is 13.7. The summed E-state index contributed by atoms with van der Waals surface area (Å²) in [5, 5.41) is 0. The van der Waals surface area contributed by atoms with Crippen molar-refractivity contribution in [2.75, 3.05) is 56.4 Å². The van der Waals surface area contributed by atoms with Crippen LogP contribution in [-0.2, 0) is 57.0 Å². The summed E-state index contributed by atoms with van der Waals surface area (Å²) >= 11 is 0. The van der Waals surface area contributed by atoms with Crippen molar-refractivity contribution in [3.8, 4) is 0 Å². The molecular formula is C32H48O12. The minimum atomic E-state index is -1.21. The Morgan fingerprint density at radius 2 is 1.70 bits per heavy atom. The van der Waals surface area contributed by atoms with Gasteiger partial charge in [-0.2, -0.15) is 0 Å². The van der Waals surface area contributed by atoms with Crippen LogP contribution in [0.1, 0.15) is 39.0 Å². The van der Waals surface area contributed by atoms with Gasteiger partial charge in [-0.1, -0.05) is 6.58 Å². The summed E-state index contributed by atoms with van der Waals surface area (Å²) in [6.07, 6.45) is -1.44. The normalized spacial score (nSPS) is 50.7. The van der Waals surface area contributed by atoms with E-state index in [1.807, 2.05) is 6.92 Å². The third-order valence-corrected chi connectivity index (χ3v) is 12.4. The maximum absolute atomic E-state index is 14.1. The quantitative estimate of drug-likeness (QED) is 0.261. The van der Waals surface area contributed by atoms with Gasteiger partial charge in [0.25, 0.3) is 0 Å². The minimum absolute atomic E-state index is 0.127. The highest BCUT2D eigenvalue weighted by molar-refractivity contribution is 5.86. The smallest absolute Gasteiger partial charge is 0.315 e. The van der Waals surface area contributed by atoms with E-state index < -0.39 is 76.8 Å². The van der Waals surface area contributed by atoms with Crippen molar-refractivity contribution in [3.05, 3.63) is 12.2 Å². The van der Waals surface area contributed by atoms with Crippen molar-refractivity contribution in [2.45, 2.75) is 93.1 Å². The number of rotatable bonds is 10. The van der Waals surface area contributed by atoms with Crippen molar-refractivity contribution >= 4 is 11.9 Å². The second kappa shape index (κ2) is 11.3. The fourth-order valence-corrected chi connectivity index (χ4v) is 10.9. The molecule has 248 valence electrons. The molecule has 14 atom stereocenters. The highest BCUT2D eigenvalue weighted by Crippen LogP contribution is 2.79. The van der Waals surface area contributed by atoms with Crippen molar-refractivity contribution < 1.29 is 57.0 Å². The lowest BCUT2D eigenvalue weighted by Gasteiger charge is -2.51. The Bertz CT molecular complexity index is 1160. The summed E-state index contributed by atoms with van der Waals surface area (Å²) in [6.45, 7) is 6.52. The van der Waals surface area contributed by atoms with Crippen LogP contribution in [0.5, 0.6) is 0 Å². The molecule has 44 heavy (non-hydrogen) atoms. The van der Waals surface area contributed by atoms with Crippen LogP contribution in [0.2, 0.25) is 0 Å². The Labute approximate surface area is 259 Å². The molecule has 0 N–H and O–H groups in total. The standard InChI is InChI=1S/C32H48O12/c1-16-12-30-15-31(16,41-9)11-10-19(30)32-13-17(25(39-7)29(2,28(34)44-32)24(32)20(30)26(33)40-8)42-27-23(38-6)22(37-5)21(36-4)18(43-27)14-35-3/h17-25,27H,1,10-15H2,2-9H3/t17-,18+,19+,20?,21+,22-,23+,24+,25-,27+,29?,30-,31-,32+/m0/s1. The summed E-state index contributed by atoms with van der Waals surface area (Å²) in [5.41, 5.74) is -2.26. The number of carbonyl (C=O) groups is 2. The van der Waals surface area contributed by atoms with Crippen LogP contribution in [-0.4, -0.2) is 122 Å². The summed E-state index contributed by atoms with van der Waals surface area (Å²) in [4.78, 5) is 28.0. The fourth-order valence-electron chi connectivity index (χ4n) is 10.9. The first kappa shape index (κ1) is 32.3. The van der Waals surface area contributed by atoms with Crippen LogP contribution < -0.4 is 0 Å². The number of methoxy groups -OCH3 is 7. The minimum Gasteiger partial charge on any atom is -0.469 e. The third-order valence-electron chi connectivity index (χ3n) is 12.4. The van der Waals surface area contributed by atoms with E-state index in [0.717, 1.165) is 12.0 Å². The number of ether oxygens (including phenoxy) is 10. The Balaban J connectivity index is 1.42. The van der Waals surface area contributed by atoms with E-state index in [1.165, 1.54) is 7.11 Å². The van der Waals surface area contributed by atoms with Crippen molar-refractivity contribution in [2.24, 2.45) is 28.6 Å². The van der Waals surface area contributed by atoms with Crippen LogP contribution >= 0.6 is 0 Å². The predicted octanol–water partition coefficient (Wildman–Crippen LogP) is 2.06. The number of hydrogen-bond donors (Lipinski definition) is 0. The van der Waals surface area contributed by atoms with Gasteiger partial charge in [0.2, 0.25) is 0 Å². The first-order valence-corrected chi connectivity index (χ1v) is 15.5. The maximum Gasteiger partial charge on any atom is 0.315 e. The zero-order valence-electron chi connectivity index (χ0n) is 27.1. The molecule has 1 spiro atoms. The van der Waals surface area contributed by atoms with Gasteiger partial charge in [0.1, 0.15) is 35.4 Å². The first-order valence-electron chi connectivity index (χ1n) is 15.5. The molecule has 0 radical (unpaired) electrons. The summed E-state index contributed by atoms with van der Waals surface area (Å²) in [7, 11) is 11.0. The van der Waals surface area contributed by atoms with Crippen molar-refractivity contribution in [1.82, 2.24) is 0 Å². The zero-order chi connectivity index (χ0) is 31.8. The van der Waals surface area contributed by atoms with E-state index in [1.54, 1.807) is 42.7 Å². The molecule has 6 fully saturated rings. The van der Waals surface area contributed by atoms with Crippen molar-refractivity contribution in [3.63, 3.8) is 0 Å². The second-order valence-electron chi connectivity index (χ2n) is 13.7. The van der Waals surface area contributed by atoms with Gasteiger partial charge in [0, 0.05) is 60.9 Å². The van der Waals surface area contributed by atoms with Gasteiger partial charge >= 0.3 is 11.9 Å². The van der Waals surface area contributed by atoms with E-state index in [-0.39, 0.29) is 24.5 Å². The molecule has 6 rings (SSSR count). The van der Waals surface area contributed by atoms with E-state index in [4.69, 9.17) is 47.4 Å². The van der Waals surface area contributed by atoms with Gasteiger partial charge in [-0.05, 0) is 43.6 Å². The molecular weight excluding hydrogens is 576 g/mol. The topological polar surface area (TPSA) is 126 Å².